The second kappa shape index (κ2) is 4.79. The number of amides is 1. The summed E-state index contributed by atoms with van der Waals surface area (Å²) in [6.45, 7) is 3.83. The molecule has 0 atom stereocenters. The second-order valence-corrected chi connectivity index (χ2v) is 3.39. The molecule has 1 amide bonds. The molecule has 0 fully saturated rings. The molecule has 0 heterocycles. The van der Waals surface area contributed by atoms with Crippen LogP contribution in [0.3, 0.4) is 0 Å². The maximum Gasteiger partial charge on any atom is 0.238 e. The van der Waals surface area contributed by atoms with Gasteiger partial charge >= 0.3 is 0 Å². The van der Waals surface area contributed by atoms with Crippen molar-refractivity contribution in [1.82, 2.24) is 0 Å². The summed E-state index contributed by atoms with van der Waals surface area (Å²) in [5, 5.41) is 2.73. The second-order valence-electron chi connectivity index (χ2n) is 3.39. The molecule has 1 aromatic rings. The number of benzene rings is 1. The number of hydrogen-bond donors (Lipinski definition) is 2. The van der Waals surface area contributed by atoms with Gasteiger partial charge in [-0.25, -0.2) is 0 Å². The van der Waals surface area contributed by atoms with Crippen LogP contribution < -0.4 is 15.8 Å². The summed E-state index contributed by atoms with van der Waals surface area (Å²) in [6, 6.07) is 3.77. The van der Waals surface area contributed by atoms with E-state index < -0.39 is 0 Å². The smallest absolute Gasteiger partial charge is 0.238 e. The van der Waals surface area contributed by atoms with E-state index in [9.17, 15) is 4.79 Å². The van der Waals surface area contributed by atoms with Crippen molar-refractivity contribution in [2.24, 2.45) is 5.73 Å². The molecule has 0 unspecified atom stereocenters. The lowest BCUT2D eigenvalue weighted by Crippen LogP contribution is -2.22. The zero-order chi connectivity index (χ0) is 11.4. The predicted octanol–water partition coefficient (Wildman–Crippen LogP) is 1.21. The predicted molar refractivity (Wildman–Crippen MR) is 60.2 cm³/mol. The number of nitrogens with one attached hydrogen (secondary N) is 1. The summed E-state index contributed by atoms with van der Waals surface area (Å²) in [4.78, 5) is 11.1. The van der Waals surface area contributed by atoms with Crippen LogP contribution in [0.5, 0.6) is 5.75 Å². The summed E-state index contributed by atoms with van der Waals surface area (Å²) in [6.07, 6.45) is 0. The first-order valence-electron chi connectivity index (χ1n) is 4.73. The third kappa shape index (κ3) is 2.70. The molecule has 0 saturated carbocycles. The topological polar surface area (TPSA) is 64.3 Å². The first-order chi connectivity index (χ1) is 7.08. The minimum atomic E-state index is -0.192. The van der Waals surface area contributed by atoms with Crippen LogP contribution in [0, 0.1) is 13.8 Å². The SMILES string of the molecule is COc1cc(C)c(NC(=O)CN)cc1C. The number of nitrogens with two attached hydrogens (primary N) is 1. The van der Waals surface area contributed by atoms with Crippen molar-refractivity contribution in [1.29, 1.82) is 0 Å². The van der Waals surface area contributed by atoms with E-state index >= 15 is 0 Å². The van der Waals surface area contributed by atoms with Crippen molar-refractivity contribution in [3.8, 4) is 5.75 Å². The van der Waals surface area contributed by atoms with Crippen LogP contribution in [-0.2, 0) is 4.79 Å². The molecule has 0 aliphatic rings. The molecule has 0 aliphatic heterocycles. The molecular weight excluding hydrogens is 192 g/mol. The van der Waals surface area contributed by atoms with Crippen LogP contribution in [0.15, 0.2) is 12.1 Å². The highest BCUT2D eigenvalue weighted by Gasteiger charge is 2.06. The quantitative estimate of drug-likeness (QED) is 0.784. The Bertz CT molecular complexity index is 375. The van der Waals surface area contributed by atoms with Gasteiger partial charge in [0.2, 0.25) is 5.91 Å². The van der Waals surface area contributed by atoms with Gasteiger partial charge in [0.25, 0.3) is 0 Å². The van der Waals surface area contributed by atoms with Crippen LogP contribution in [0.25, 0.3) is 0 Å². The van der Waals surface area contributed by atoms with E-state index in [1.54, 1.807) is 7.11 Å². The Labute approximate surface area is 89.4 Å². The Morgan fingerprint density at radius 1 is 1.40 bits per heavy atom. The Hall–Kier alpha value is -1.55. The molecule has 3 N–H and O–H groups in total. The van der Waals surface area contributed by atoms with Gasteiger partial charge in [0.15, 0.2) is 0 Å². The molecule has 0 aromatic heterocycles. The lowest BCUT2D eigenvalue weighted by molar-refractivity contribution is -0.114. The molecule has 0 spiro atoms. The molecule has 82 valence electrons. The standard InChI is InChI=1S/C11H16N2O2/c1-7-5-10(15-3)8(2)4-9(7)13-11(14)6-12/h4-5H,6,12H2,1-3H3,(H,13,14). The first-order valence-corrected chi connectivity index (χ1v) is 4.73. The summed E-state index contributed by atoms with van der Waals surface area (Å²) < 4.78 is 5.17. The van der Waals surface area contributed by atoms with Crippen molar-refractivity contribution in [2.75, 3.05) is 19.0 Å². The normalized spacial score (nSPS) is 9.87. The van der Waals surface area contributed by atoms with Gasteiger partial charge in [0, 0.05) is 5.69 Å². The largest absolute Gasteiger partial charge is 0.496 e. The van der Waals surface area contributed by atoms with Gasteiger partial charge in [-0.15, -0.1) is 0 Å². The average molecular weight is 208 g/mol. The third-order valence-electron chi connectivity index (χ3n) is 2.20. The Morgan fingerprint density at radius 3 is 2.60 bits per heavy atom. The molecule has 4 heteroatoms. The number of ether oxygens (including phenoxy) is 1. The molecule has 0 bridgehead atoms. The van der Waals surface area contributed by atoms with Crippen molar-refractivity contribution in [2.45, 2.75) is 13.8 Å². The Balaban J connectivity index is 3.00. The van der Waals surface area contributed by atoms with Crippen LogP contribution in [0.4, 0.5) is 5.69 Å². The van der Waals surface area contributed by atoms with Crippen LogP contribution in [0.1, 0.15) is 11.1 Å². The van der Waals surface area contributed by atoms with Crippen molar-refractivity contribution < 1.29 is 9.53 Å². The van der Waals surface area contributed by atoms with Crippen LogP contribution in [-0.4, -0.2) is 19.6 Å². The monoisotopic (exact) mass is 208 g/mol. The summed E-state index contributed by atoms with van der Waals surface area (Å²) in [5.41, 5.74) is 7.95. The van der Waals surface area contributed by atoms with E-state index in [1.807, 2.05) is 26.0 Å². The molecule has 1 aromatic carbocycles. The summed E-state index contributed by atoms with van der Waals surface area (Å²) in [5.74, 6) is 0.626. The molecular formula is C11H16N2O2. The zero-order valence-corrected chi connectivity index (χ0v) is 9.26. The number of carbonyl (C=O) groups excluding carboxylic acids is 1. The van der Waals surface area contributed by atoms with Gasteiger partial charge in [-0.1, -0.05) is 0 Å². The van der Waals surface area contributed by atoms with E-state index in [4.69, 9.17) is 10.5 Å². The van der Waals surface area contributed by atoms with Crippen molar-refractivity contribution in [3.05, 3.63) is 23.3 Å². The van der Waals surface area contributed by atoms with E-state index in [0.717, 1.165) is 22.6 Å². The average Bonchev–Trinajstić information content (AvgIpc) is 2.22. The van der Waals surface area contributed by atoms with Crippen LogP contribution >= 0.6 is 0 Å². The Kier molecular flexibility index (Phi) is 3.68. The summed E-state index contributed by atoms with van der Waals surface area (Å²) in [7, 11) is 1.62. The molecule has 15 heavy (non-hydrogen) atoms. The van der Waals surface area contributed by atoms with Gasteiger partial charge < -0.3 is 15.8 Å². The van der Waals surface area contributed by atoms with E-state index in [0.29, 0.717) is 0 Å². The van der Waals surface area contributed by atoms with E-state index in [2.05, 4.69) is 5.32 Å². The van der Waals surface area contributed by atoms with E-state index in [1.165, 1.54) is 0 Å². The van der Waals surface area contributed by atoms with Gasteiger partial charge in [-0.3, -0.25) is 4.79 Å². The lowest BCUT2D eigenvalue weighted by Gasteiger charge is -2.11. The van der Waals surface area contributed by atoms with E-state index in [-0.39, 0.29) is 12.5 Å². The van der Waals surface area contributed by atoms with Gasteiger partial charge in [-0.2, -0.15) is 0 Å². The fourth-order valence-corrected chi connectivity index (χ4v) is 1.35. The summed E-state index contributed by atoms with van der Waals surface area (Å²) >= 11 is 0. The first kappa shape index (κ1) is 11.5. The van der Waals surface area contributed by atoms with Gasteiger partial charge in [0.05, 0.1) is 13.7 Å². The number of carbonyl (C=O) groups is 1. The number of methoxy groups -OCH3 is 1. The number of anilines is 1. The van der Waals surface area contributed by atoms with Crippen LogP contribution in [0.2, 0.25) is 0 Å². The molecule has 0 radical (unpaired) electrons. The minimum Gasteiger partial charge on any atom is -0.496 e. The van der Waals surface area contributed by atoms with Crippen molar-refractivity contribution in [3.63, 3.8) is 0 Å². The highest BCUT2D eigenvalue weighted by Crippen LogP contribution is 2.25. The molecule has 4 nitrogen and oxygen atoms in total. The minimum absolute atomic E-state index is 0.00941. The molecule has 0 aliphatic carbocycles. The fourth-order valence-electron chi connectivity index (χ4n) is 1.35. The maximum atomic E-state index is 11.1. The fraction of sp³-hybridized carbons (Fsp3) is 0.364. The molecule has 1 rings (SSSR count). The van der Waals surface area contributed by atoms with Crippen molar-refractivity contribution >= 4 is 11.6 Å². The maximum absolute atomic E-state index is 11.1. The molecule has 0 saturated heterocycles. The highest BCUT2D eigenvalue weighted by molar-refractivity contribution is 5.93. The number of rotatable bonds is 3. The van der Waals surface area contributed by atoms with Gasteiger partial charge in [0.1, 0.15) is 5.75 Å². The lowest BCUT2D eigenvalue weighted by atomic mass is 10.1. The zero-order valence-electron chi connectivity index (χ0n) is 9.26. The van der Waals surface area contributed by atoms with Gasteiger partial charge in [-0.05, 0) is 37.1 Å². The highest BCUT2D eigenvalue weighted by atomic mass is 16.5. The number of hydrogen-bond acceptors (Lipinski definition) is 3. The third-order valence-corrected chi connectivity index (χ3v) is 2.20. The number of aryl methyl sites for hydroxylation is 2. The Morgan fingerprint density at radius 2 is 2.07 bits per heavy atom.